The number of ether oxygens (including phenoxy) is 2. The minimum Gasteiger partial charge on any atom is -0.495 e. The van der Waals surface area contributed by atoms with Crippen molar-refractivity contribution < 1.29 is 62.6 Å². The van der Waals surface area contributed by atoms with Crippen LogP contribution in [0.2, 0.25) is 0 Å². The maximum Gasteiger partial charge on any atom is 0.416 e. The third kappa shape index (κ3) is 9.44. The minimum atomic E-state index is -6.05. The lowest BCUT2D eigenvalue weighted by molar-refractivity contribution is -0.138. The highest BCUT2D eigenvalue weighted by molar-refractivity contribution is 7.89. The van der Waals surface area contributed by atoms with Gasteiger partial charge in [-0.2, -0.15) is 17.5 Å². The van der Waals surface area contributed by atoms with E-state index in [4.69, 9.17) is 9.47 Å². The van der Waals surface area contributed by atoms with Crippen LogP contribution >= 0.6 is 0 Å². The maximum atomic E-state index is 15.2. The molecule has 0 N–H and O–H groups in total. The molecule has 0 atom stereocenters. The number of alkyl halides is 3. The predicted molar refractivity (Wildman–Crippen MR) is 195 cm³/mol. The maximum absolute atomic E-state index is 15.2. The van der Waals surface area contributed by atoms with E-state index in [2.05, 4.69) is 4.98 Å². The number of amides is 1. The highest BCUT2D eigenvalue weighted by Gasteiger charge is 2.41. The summed E-state index contributed by atoms with van der Waals surface area (Å²) in [6.07, 6.45) is -2.54. The van der Waals surface area contributed by atoms with Gasteiger partial charge in [-0.1, -0.05) is 39.0 Å². The summed E-state index contributed by atoms with van der Waals surface area (Å²) in [6.45, 7) is 5.77. The molecule has 58 heavy (non-hydrogen) atoms. The zero-order valence-corrected chi connectivity index (χ0v) is 32.9. The van der Waals surface area contributed by atoms with Gasteiger partial charge in [-0.05, 0) is 84.5 Å². The summed E-state index contributed by atoms with van der Waals surface area (Å²) in [5, 5.41) is 0. The Hall–Kier alpha value is -5.10. The number of anilines is 1. The van der Waals surface area contributed by atoms with E-state index in [1.807, 2.05) is 32.9 Å². The molecule has 312 valence electrons. The quantitative estimate of drug-likeness (QED) is 0.0573. The van der Waals surface area contributed by atoms with Crippen molar-refractivity contribution in [2.75, 3.05) is 18.6 Å². The number of rotatable bonds is 13. The first-order chi connectivity index (χ1) is 26.9. The lowest BCUT2D eigenvalue weighted by Crippen LogP contribution is -2.43. The number of sulfonamides is 1. The molecule has 1 aliphatic rings. The summed E-state index contributed by atoms with van der Waals surface area (Å²) in [4.78, 5) is 29.6. The van der Waals surface area contributed by atoms with Crippen LogP contribution in [0.3, 0.4) is 0 Å². The number of esters is 1. The minimum absolute atomic E-state index is 0.0146. The summed E-state index contributed by atoms with van der Waals surface area (Å²) in [7, 11) is -4.85. The topological polar surface area (TPSA) is 106 Å². The van der Waals surface area contributed by atoms with Crippen LogP contribution in [0.5, 0.6) is 5.75 Å². The number of aromatic nitrogens is 1. The second-order valence-corrected chi connectivity index (χ2v) is 16.9. The molecule has 0 bridgehead atoms. The molecule has 0 aliphatic heterocycles. The molecule has 1 aromatic heterocycles. The van der Waals surface area contributed by atoms with Gasteiger partial charge in [0.05, 0.1) is 43.1 Å². The number of benzene rings is 3. The second-order valence-electron chi connectivity index (χ2n) is 15.0. The fraction of sp³-hybridized carbons (Fsp3) is 0.375. The first-order valence-corrected chi connectivity index (χ1v) is 19.2. The Morgan fingerprint density at radius 3 is 2.05 bits per heavy atom. The standard InChI is InChI=1S/C40H39F8N3O6S/c1-21(2)57-38(53)24-9-10-29(30(16-24)56-6)51(18-22-13-25(23-7-8-23)15-27(14-22)39(3,4)5)31(52)20-50(19-26-17-49-12-11-28(26)40(46,47)48)58(54,55)37-35(44)33(42)32(41)34(43)36(37)45/h9-17,21,23H,7-8,18-20H2,1-6H3. The summed E-state index contributed by atoms with van der Waals surface area (Å²) >= 11 is 0. The van der Waals surface area contributed by atoms with Crippen LogP contribution in [0, 0.1) is 29.1 Å². The normalized spacial score (nSPS) is 13.6. The van der Waals surface area contributed by atoms with E-state index in [0.717, 1.165) is 35.1 Å². The molecule has 1 heterocycles. The number of hydrogen-bond donors (Lipinski definition) is 0. The Balaban J connectivity index is 1.70. The fourth-order valence-electron chi connectivity index (χ4n) is 6.12. The Labute approximate surface area is 329 Å². The van der Waals surface area contributed by atoms with Crippen molar-refractivity contribution in [2.24, 2.45) is 0 Å². The van der Waals surface area contributed by atoms with Crippen molar-refractivity contribution in [2.45, 2.75) is 89.1 Å². The molecule has 18 heteroatoms. The average Bonchev–Trinajstić information content (AvgIpc) is 4.00. The molecule has 1 amide bonds. The van der Waals surface area contributed by atoms with Gasteiger partial charge in [0.2, 0.25) is 21.7 Å². The van der Waals surface area contributed by atoms with Crippen molar-refractivity contribution in [3.63, 3.8) is 0 Å². The van der Waals surface area contributed by atoms with Crippen LogP contribution < -0.4 is 9.64 Å². The molecule has 0 radical (unpaired) electrons. The summed E-state index contributed by atoms with van der Waals surface area (Å²) in [5.41, 5.74) is -0.559. The molecule has 9 nitrogen and oxygen atoms in total. The molecule has 4 aromatic rings. The summed E-state index contributed by atoms with van der Waals surface area (Å²) in [5.74, 6) is -15.5. The van der Waals surface area contributed by atoms with Gasteiger partial charge < -0.3 is 14.4 Å². The van der Waals surface area contributed by atoms with E-state index in [-0.39, 0.29) is 33.8 Å². The SMILES string of the molecule is COc1cc(C(=O)OC(C)C)ccc1N(Cc1cc(C2CC2)cc(C(C)(C)C)c1)C(=O)CN(Cc1cnccc1C(F)(F)F)S(=O)(=O)c1c(F)c(F)c(F)c(F)c1F. The van der Waals surface area contributed by atoms with Crippen molar-refractivity contribution >= 4 is 27.6 Å². The van der Waals surface area contributed by atoms with E-state index in [9.17, 15) is 44.3 Å². The van der Waals surface area contributed by atoms with Gasteiger partial charge in [0.1, 0.15) is 5.75 Å². The van der Waals surface area contributed by atoms with Gasteiger partial charge in [-0.3, -0.25) is 9.78 Å². The van der Waals surface area contributed by atoms with Crippen LogP contribution in [0.25, 0.3) is 0 Å². The number of methoxy groups -OCH3 is 1. The smallest absolute Gasteiger partial charge is 0.416 e. The van der Waals surface area contributed by atoms with Gasteiger partial charge in [0.15, 0.2) is 28.2 Å². The van der Waals surface area contributed by atoms with Crippen molar-refractivity contribution in [1.29, 1.82) is 0 Å². The number of pyridine rings is 1. The number of halogens is 8. The van der Waals surface area contributed by atoms with Gasteiger partial charge >= 0.3 is 12.1 Å². The highest BCUT2D eigenvalue weighted by Crippen LogP contribution is 2.43. The van der Waals surface area contributed by atoms with Crippen molar-refractivity contribution in [1.82, 2.24) is 9.29 Å². The lowest BCUT2D eigenvalue weighted by Gasteiger charge is -2.30. The average molecular weight is 842 g/mol. The zero-order valence-electron chi connectivity index (χ0n) is 32.1. The fourth-order valence-corrected chi connectivity index (χ4v) is 7.60. The summed E-state index contributed by atoms with van der Waals surface area (Å²) in [6, 6.07) is 9.89. The monoisotopic (exact) mass is 841 g/mol. The molecule has 0 spiro atoms. The number of carbonyl (C=O) groups is 2. The first-order valence-electron chi connectivity index (χ1n) is 17.8. The van der Waals surface area contributed by atoms with Crippen molar-refractivity contribution in [3.8, 4) is 5.75 Å². The Morgan fingerprint density at radius 2 is 1.50 bits per heavy atom. The molecule has 1 fully saturated rings. The van der Waals surface area contributed by atoms with Gasteiger partial charge in [0.25, 0.3) is 0 Å². The predicted octanol–water partition coefficient (Wildman–Crippen LogP) is 8.97. The van der Waals surface area contributed by atoms with Crippen LogP contribution in [0.15, 0.2) is 59.8 Å². The van der Waals surface area contributed by atoms with Crippen molar-refractivity contribution in [3.05, 3.63) is 117 Å². The second kappa shape index (κ2) is 16.6. The molecule has 1 aliphatic carbocycles. The number of nitrogens with zero attached hydrogens (tertiary/aromatic N) is 3. The van der Waals surface area contributed by atoms with E-state index in [0.29, 0.717) is 17.8 Å². The van der Waals surface area contributed by atoms with Gasteiger partial charge in [-0.25, -0.2) is 35.2 Å². The zero-order chi connectivity index (χ0) is 43.1. The lowest BCUT2D eigenvalue weighted by atomic mass is 9.84. The van der Waals surface area contributed by atoms with E-state index in [1.54, 1.807) is 19.9 Å². The van der Waals surface area contributed by atoms with E-state index >= 15 is 8.78 Å². The number of hydrogen-bond acceptors (Lipinski definition) is 7. The summed E-state index contributed by atoms with van der Waals surface area (Å²) < 4.78 is 154. The Kier molecular flexibility index (Phi) is 12.6. The largest absolute Gasteiger partial charge is 0.495 e. The molecule has 1 saturated carbocycles. The Bertz CT molecular complexity index is 2320. The van der Waals surface area contributed by atoms with Crippen LogP contribution in [-0.4, -0.2) is 49.3 Å². The molecule has 0 unspecified atom stereocenters. The third-order valence-electron chi connectivity index (χ3n) is 9.26. The molecule has 5 rings (SSSR count). The number of carbonyl (C=O) groups excluding carboxylic acids is 2. The van der Waals surface area contributed by atoms with Crippen LogP contribution in [-0.2, 0) is 44.2 Å². The highest BCUT2D eigenvalue weighted by atomic mass is 32.2. The Morgan fingerprint density at radius 1 is 0.879 bits per heavy atom. The first kappa shape index (κ1) is 44.0. The van der Waals surface area contributed by atoms with E-state index in [1.165, 1.54) is 25.3 Å². The molecule has 0 saturated heterocycles. The van der Waals surface area contributed by atoms with Crippen LogP contribution in [0.4, 0.5) is 40.8 Å². The molecular weight excluding hydrogens is 803 g/mol. The third-order valence-corrected chi connectivity index (χ3v) is 11.1. The van der Waals surface area contributed by atoms with Gasteiger partial charge in [0, 0.05) is 18.9 Å². The molecular formula is C40H39F8N3O6S. The van der Waals surface area contributed by atoms with Gasteiger partial charge in [-0.15, -0.1) is 0 Å². The van der Waals surface area contributed by atoms with E-state index < -0.39 is 97.8 Å². The van der Waals surface area contributed by atoms with Crippen LogP contribution in [0.1, 0.15) is 91.6 Å². The molecule has 3 aromatic carbocycles.